The Morgan fingerprint density at radius 3 is 1.29 bits per heavy atom. The van der Waals surface area contributed by atoms with Gasteiger partial charge in [0.05, 0.1) is 0 Å². The van der Waals surface area contributed by atoms with Gasteiger partial charge < -0.3 is 0 Å². The second kappa shape index (κ2) is 8.45. The van der Waals surface area contributed by atoms with Crippen LogP contribution >= 0.6 is 0 Å². The van der Waals surface area contributed by atoms with Gasteiger partial charge in [-0.25, -0.2) is 0 Å². The first-order valence-corrected chi connectivity index (χ1v) is 13.8. The van der Waals surface area contributed by atoms with E-state index in [0.29, 0.717) is 45.9 Å². The van der Waals surface area contributed by atoms with Gasteiger partial charge in [-0.2, -0.15) is 0 Å². The van der Waals surface area contributed by atoms with Crippen LogP contribution in [-0.4, -0.2) is 39.9 Å². The van der Waals surface area contributed by atoms with Crippen LogP contribution in [-0.2, 0) is 19.2 Å². The van der Waals surface area contributed by atoms with Crippen molar-refractivity contribution in [2.24, 2.45) is 0 Å². The molecule has 2 aliphatic rings. The zero-order chi connectivity index (χ0) is 27.1. The second-order valence-corrected chi connectivity index (χ2v) is 10.7. The molecule has 4 aromatic carbocycles. The Morgan fingerprint density at radius 1 is 0.390 bits per heavy atom. The van der Waals surface area contributed by atoms with Gasteiger partial charge in [-0.05, 0) is 0 Å². The topological polar surface area (TPSA) is 109 Å². The third-order valence-electron chi connectivity index (χ3n) is 7.50. The summed E-state index contributed by atoms with van der Waals surface area (Å²) < 4.78 is 0.946. The van der Waals surface area contributed by atoms with Gasteiger partial charge in [0.2, 0.25) is 0 Å². The molecule has 0 radical (unpaired) electrons. The first-order valence-electron chi connectivity index (χ1n) is 13.1. The third-order valence-corrected chi connectivity index (χ3v) is 8.15. The minimum absolute atomic E-state index is 0.585. The second-order valence-electron chi connectivity index (χ2n) is 9.88. The van der Waals surface area contributed by atoms with E-state index >= 15 is 0 Å². The Hall–Kier alpha value is -5.10. The van der Waals surface area contributed by atoms with E-state index in [9.17, 15) is 0 Å². The van der Waals surface area contributed by atoms with Gasteiger partial charge in [0, 0.05) is 0 Å². The molecule has 195 valence electrons. The summed E-state index contributed by atoms with van der Waals surface area (Å²) in [6.45, 7) is 0. The fourth-order valence-electron chi connectivity index (χ4n) is 5.63. The Bertz CT molecular complexity index is 2400. The van der Waals surface area contributed by atoms with Crippen LogP contribution in [0.3, 0.4) is 0 Å². The molecule has 9 heteroatoms. The third kappa shape index (κ3) is 3.37. The predicted octanol–water partition coefficient (Wildman–Crippen LogP) is 6.04. The molecule has 0 amide bonds. The maximum absolute atomic E-state index is 5.05. The van der Waals surface area contributed by atoms with Gasteiger partial charge in [0.1, 0.15) is 0 Å². The van der Waals surface area contributed by atoms with Gasteiger partial charge in [-0.15, -0.1) is 0 Å². The van der Waals surface area contributed by atoms with Crippen molar-refractivity contribution in [2.45, 2.75) is 0 Å². The number of H-pyrrole nitrogens is 2. The molecule has 0 spiro atoms. The minimum atomic E-state index is 0.585. The zero-order valence-electron chi connectivity index (χ0n) is 21.2. The average molecular weight is 620 g/mol. The molecule has 0 aliphatic carbocycles. The number of rotatable bonds is 0. The molecule has 0 saturated carbocycles. The summed E-state index contributed by atoms with van der Waals surface area (Å²) in [6, 6.07) is 30.2. The summed E-state index contributed by atoms with van der Waals surface area (Å²) >= 11 is 3.40. The van der Waals surface area contributed by atoms with Crippen molar-refractivity contribution in [3.8, 4) is 45.6 Å². The van der Waals surface area contributed by atoms with Crippen molar-refractivity contribution < 1.29 is 19.2 Å². The van der Waals surface area contributed by atoms with Crippen LogP contribution in [0, 0.1) is 0 Å². The Kier molecular flexibility index (Phi) is 4.68. The molecular weight excluding hydrogens is 603 g/mol. The number of hydrogen-bond acceptors (Lipinski definition) is 6. The number of hydrogen-bond donors (Lipinski definition) is 2. The summed E-state index contributed by atoms with van der Waals surface area (Å²) in [5, 5.41) is 3.77. The molecule has 8 bridgehead atoms. The van der Waals surface area contributed by atoms with Gasteiger partial charge in [0.25, 0.3) is 0 Å². The standard InChI is InChI=1S/C32H17N8.Pd/c1-2-10-18-17(9-1)25-33-26(18)38-28-21-13-5-6-14-22(21)30(35-28)40-32-24-16-8-7-15-23(24)31(36-32)39-29-20-12-4-3-11-19(20)27(34-29)37-25;/h1-15H,(H2,33,34,35,36,37,38,39,40);. The summed E-state index contributed by atoms with van der Waals surface area (Å²) in [5.74, 6) is 2.35. The van der Waals surface area contributed by atoms with Crippen molar-refractivity contribution in [3.05, 3.63) is 91.0 Å². The molecule has 2 N–H and O–H groups in total. The molecule has 2 aliphatic heterocycles. The molecule has 0 fully saturated rings. The van der Waals surface area contributed by atoms with Gasteiger partial charge >= 0.3 is 238 Å². The van der Waals surface area contributed by atoms with Crippen LogP contribution in [0.1, 0.15) is 0 Å². The summed E-state index contributed by atoms with van der Waals surface area (Å²) in [7, 11) is 0. The van der Waals surface area contributed by atoms with Crippen LogP contribution in [0.15, 0.2) is 91.0 Å². The fourth-order valence-corrected chi connectivity index (χ4v) is 6.17. The molecule has 0 unspecified atom stereocenters. The zero-order valence-corrected chi connectivity index (χ0v) is 22.7. The monoisotopic (exact) mass is 619 g/mol. The molecular formula is C32H17N8Pd. The van der Waals surface area contributed by atoms with E-state index in [1.54, 1.807) is 0 Å². The first kappa shape index (κ1) is 22.7. The first-order chi connectivity index (χ1) is 20.2. The van der Waals surface area contributed by atoms with E-state index in [0.717, 1.165) is 47.8 Å². The quantitative estimate of drug-likeness (QED) is 0.200. The van der Waals surface area contributed by atoms with E-state index in [1.807, 2.05) is 91.0 Å². The van der Waals surface area contributed by atoms with E-state index in [4.69, 9.17) is 29.9 Å². The van der Waals surface area contributed by atoms with Gasteiger partial charge in [-0.3, -0.25) is 0 Å². The van der Waals surface area contributed by atoms with Crippen molar-refractivity contribution >= 4 is 48.2 Å². The molecule has 5 heterocycles. The molecule has 7 aromatic rings. The Morgan fingerprint density at radius 2 is 0.780 bits per heavy atom. The molecule has 9 rings (SSSR count). The molecule has 8 nitrogen and oxygen atoms in total. The van der Waals surface area contributed by atoms with Crippen molar-refractivity contribution in [1.82, 2.24) is 39.9 Å². The summed E-state index contributed by atoms with van der Waals surface area (Å²) in [5.41, 5.74) is 6.37. The Balaban J connectivity index is 1.52. The van der Waals surface area contributed by atoms with Crippen LogP contribution in [0.5, 0.6) is 0 Å². The van der Waals surface area contributed by atoms with Crippen molar-refractivity contribution in [1.29, 1.82) is 0 Å². The maximum atomic E-state index is 5.05. The van der Waals surface area contributed by atoms with Crippen molar-refractivity contribution in [3.63, 3.8) is 0 Å². The van der Waals surface area contributed by atoms with E-state index < -0.39 is 0 Å². The summed E-state index contributed by atoms with van der Waals surface area (Å²) in [4.78, 5) is 36.9. The fraction of sp³-hybridized carbons (Fsp3) is 0. The van der Waals surface area contributed by atoms with E-state index in [-0.39, 0.29) is 0 Å². The molecule has 0 saturated heterocycles. The number of fused-ring (bicyclic) bond motifs is 20. The van der Waals surface area contributed by atoms with Gasteiger partial charge in [0.15, 0.2) is 0 Å². The normalized spacial score (nSPS) is 12.0. The summed E-state index contributed by atoms with van der Waals surface area (Å²) in [6.07, 6.45) is 0. The Labute approximate surface area is 243 Å². The SMILES string of the molecule is [Pd][c]1cccc2c3nc4nc(nc5[nH]c(nc6nc(nc([nH]3)c12)-c1ccccc1-6)c1ccccc51)-c1ccccc1-4. The van der Waals surface area contributed by atoms with E-state index in [2.05, 4.69) is 29.2 Å². The number of aromatic nitrogens is 8. The van der Waals surface area contributed by atoms with Crippen LogP contribution in [0.2, 0.25) is 0 Å². The molecule has 41 heavy (non-hydrogen) atoms. The number of benzene rings is 4. The molecule has 3 aromatic heterocycles. The van der Waals surface area contributed by atoms with E-state index in [1.165, 1.54) is 0 Å². The van der Waals surface area contributed by atoms with Crippen LogP contribution in [0.4, 0.5) is 0 Å². The number of nitrogens with zero attached hydrogens (tertiary/aromatic N) is 6. The van der Waals surface area contributed by atoms with Crippen LogP contribution in [0.25, 0.3) is 89.7 Å². The predicted molar refractivity (Wildman–Crippen MR) is 156 cm³/mol. The van der Waals surface area contributed by atoms with Crippen LogP contribution < -0.4 is 4.04 Å². The molecule has 0 atom stereocenters. The number of nitrogens with one attached hydrogen (secondary N) is 2. The number of aromatic amines is 2. The van der Waals surface area contributed by atoms with Crippen molar-refractivity contribution in [2.75, 3.05) is 0 Å². The average Bonchev–Trinajstić information content (AvgIpc) is 3.73. The van der Waals surface area contributed by atoms with Gasteiger partial charge in [-0.1, -0.05) is 6.07 Å².